The zero-order valence-electron chi connectivity index (χ0n) is 13.0. The molecule has 0 radical (unpaired) electrons. The fraction of sp³-hybridized carbons (Fsp3) is 0.600. The molecule has 0 saturated carbocycles. The van der Waals surface area contributed by atoms with Gasteiger partial charge in [0.05, 0.1) is 6.26 Å². The van der Waals surface area contributed by atoms with Crippen molar-refractivity contribution in [3.63, 3.8) is 0 Å². The number of nitrogens with zero attached hydrogens (tertiary/aromatic N) is 2. The third kappa shape index (κ3) is 4.18. The summed E-state index contributed by atoms with van der Waals surface area (Å²) in [5.74, 6) is 0.322. The molecule has 118 valence electrons. The molecule has 2 rings (SSSR count). The molecule has 1 heterocycles. The van der Waals surface area contributed by atoms with Crippen molar-refractivity contribution in [1.29, 1.82) is 0 Å². The highest BCUT2D eigenvalue weighted by Crippen LogP contribution is 2.23. The first kappa shape index (κ1) is 16.3. The molecular formula is C15H24N2O3S. The van der Waals surface area contributed by atoms with E-state index in [1.54, 1.807) is 6.07 Å². The molecule has 1 aliphatic heterocycles. The predicted octanol–water partition coefficient (Wildman–Crippen LogP) is 1.48. The standard InChI is InChI=1S/C15H24N2O3S/c1-12-9-14(15(18)10-13(12)2)11-16-5-4-6-17(8-7-16)21(3,19)20/h9-10,18H,4-8,11H2,1-3H3. The summed E-state index contributed by atoms with van der Waals surface area (Å²) in [7, 11) is -3.11. The SMILES string of the molecule is Cc1cc(O)c(CN2CCCN(S(C)(=O)=O)CC2)cc1C. The molecule has 0 unspecified atom stereocenters. The highest BCUT2D eigenvalue weighted by Gasteiger charge is 2.21. The van der Waals surface area contributed by atoms with Gasteiger partial charge in [-0.1, -0.05) is 6.07 Å². The van der Waals surface area contributed by atoms with Gasteiger partial charge in [-0.2, -0.15) is 0 Å². The maximum Gasteiger partial charge on any atom is 0.211 e. The van der Waals surface area contributed by atoms with Crippen molar-refractivity contribution in [2.45, 2.75) is 26.8 Å². The second-order valence-corrected chi connectivity index (χ2v) is 7.84. The Morgan fingerprint density at radius 2 is 1.76 bits per heavy atom. The Bertz CT molecular complexity index is 614. The zero-order chi connectivity index (χ0) is 15.6. The Hall–Kier alpha value is -1.11. The van der Waals surface area contributed by atoms with Crippen LogP contribution in [0.2, 0.25) is 0 Å². The summed E-state index contributed by atoms with van der Waals surface area (Å²) >= 11 is 0. The highest BCUT2D eigenvalue weighted by atomic mass is 32.2. The molecule has 1 aliphatic rings. The molecule has 0 bridgehead atoms. The second kappa shape index (κ2) is 6.34. The van der Waals surface area contributed by atoms with Gasteiger partial charge in [0.1, 0.15) is 5.75 Å². The van der Waals surface area contributed by atoms with Crippen molar-refractivity contribution in [1.82, 2.24) is 9.21 Å². The van der Waals surface area contributed by atoms with Gasteiger partial charge in [0.25, 0.3) is 0 Å². The van der Waals surface area contributed by atoms with Crippen molar-refractivity contribution in [3.05, 3.63) is 28.8 Å². The first-order valence-electron chi connectivity index (χ1n) is 7.24. The maximum atomic E-state index is 11.6. The Labute approximate surface area is 127 Å². The van der Waals surface area contributed by atoms with Gasteiger partial charge in [0.15, 0.2) is 0 Å². The van der Waals surface area contributed by atoms with Gasteiger partial charge in [-0.25, -0.2) is 12.7 Å². The van der Waals surface area contributed by atoms with Crippen LogP contribution >= 0.6 is 0 Å². The molecular weight excluding hydrogens is 288 g/mol. The summed E-state index contributed by atoms with van der Waals surface area (Å²) in [6.45, 7) is 7.31. The van der Waals surface area contributed by atoms with Crippen LogP contribution in [0.1, 0.15) is 23.1 Å². The third-order valence-electron chi connectivity index (χ3n) is 4.11. The molecule has 0 spiro atoms. The normalized spacial score (nSPS) is 18.6. The van der Waals surface area contributed by atoms with Crippen molar-refractivity contribution in [3.8, 4) is 5.75 Å². The molecule has 5 nitrogen and oxygen atoms in total. The molecule has 6 heteroatoms. The summed E-state index contributed by atoms with van der Waals surface area (Å²) in [6.07, 6.45) is 2.08. The van der Waals surface area contributed by atoms with E-state index in [0.717, 1.165) is 29.7 Å². The van der Waals surface area contributed by atoms with Crippen LogP contribution in [-0.2, 0) is 16.6 Å². The summed E-state index contributed by atoms with van der Waals surface area (Å²) < 4.78 is 24.8. The first-order chi connectivity index (χ1) is 9.77. The smallest absolute Gasteiger partial charge is 0.211 e. The number of phenols is 1. The fourth-order valence-electron chi connectivity index (χ4n) is 2.67. The van der Waals surface area contributed by atoms with E-state index in [4.69, 9.17) is 0 Å². The summed E-state index contributed by atoms with van der Waals surface area (Å²) in [5, 5.41) is 10.1. The molecule has 0 aromatic heterocycles. The second-order valence-electron chi connectivity index (χ2n) is 5.86. The lowest BCUT2D eigenvalue weighted by Crippen LogP contribution is -2.34. The third-order valence-corrected chi connectivity index (χ3v) is 5.41. The minimum Gasteiger partial charge on any atom is -0.508 e. The minimum absolute atomic E-state index is 0.322. The van der Waals surface area contributed by atoms with Crippen LogP contribution in [0.5, 0.6) is 5.75 Å². The van der Waals surface area contributed by atoms with Gasteiger partial charge < -0.3 is 5.11 Å². The lowest BCUT2D eigenvalue weighted by Gasteiger charge is -2.21. The van der Waals surface area contributed by atoms with E-state index >= 15 is 0 Å². The van der Waals surface area contributed by atoms with Crippen LogP contribution in [0.4, 0.5) is 0 Å². The van der Waals surface area contributed by atoms with Crippen molar-refractivity contribution < 1.29 is 13.5 Å². The summed E-state index contributed by atoms with van der Waals surface area (Å²) in [5.41, 5.74) is 3.15. The molecule has 0 aliphatic carbocycles. The molecule has 0 amide bonds. The van der Waals surface area contributed by atoms with E-state index in [1.807, 2.05) is 19.9 Å². The van der Waals surface area contributed by atoms with Crippen LogP contribution in [-0.4, -0.2) is 55.2 Å². The average Bonchev–Trinajstić information content (AvgIpc) is 2.61. The van der Waals surface area contributed by atoms with E-state index in [0.29, 0.717) is 31.9 Å². The van der Waals surface area contributed by atoms with Crippen molar-refractivity contribution in [2.75, 3.05) is 32.4 Å². The number of sulfonamides is 1. The molecule has 1 N–H and O–H groups in total. The number of rotatable bonds is 3. The number of aromatic hydroxyl groups is 1. The van der Waals surface area contributed by atoms with Crippen LogP contribution < -0.4 is 0 Å². The van der Waals surface area contributed by atoms with Gasteiger partial charge in [0.2, 0.25) is 10.0 Å². The molecule has 1 fully saturated rings. The van der Waals surface area contributed by atoms with E-state index in [9.17, 15) is 13.5 Å². The van der Waals surface area contributed by atoms with Gasteiger partial charge in [-0.15, -0.1) is 0 Å². The minimum atomic E-state index is -3.11. The van der Waals surface area contributed by atoms with E-state index in [1.165, 1.54) is 10.6 Å². The van der Waals surface area contributed by atoms with Crippen molar-refractivity contribution >= 4 is 10.0 Å². The lowest BCUT2D eigenvalue weighted by molar-refractivity contribution is 0.274. The predicted molar refractivity (Wildman–Crippen MR) is 83.9 cm³/mol. The monoisotopic (exact) mass is 312 g/mol. The lowest BCUT2D eigenvalue weighted by atomic mass is 10.0. The molecule has 21 heavy (non-hydrogen) atoms. The molecule has 1 aromatic carbocycles. The van der Waals surface area contributed by atoms with Gasteiger partial charge >= 0.3 is 0 Å². The fourth-order valence-corrected chi connectivity index (χ4v) is 3.54. The summed E-state index contributed by atoms with van der Waals surface area (Å²) in [6, 6.07) is 3.81. The number of phenolic OH excluding ortho intramolecular Hbond substituents is 1. The van der Waals surface area contributed by atoms with Gasteiger partial charge in [-0.05, 0) is 44.0 Å². The van der Waals surface area contributed by atoms with Crippen LogP contribution in [0.15, 0.2) is 12.1 Å². The molecule has 1 saturated heterocycles. The Balaban J connectivity index is 2.06. The molecule has 1 aromatic rings. The number of benzene rings is 1. The topological polar surface area (TPSA) is 60.9 Å². The van der Waals surface area contributed by atoms with Gasteiger partial charge in [-0.3, -0.25) is 4.90 Å². The number of hydrogen-bond donors (Lipinski definition) is 1. The van der Waals surface area contributed by atoms with E-state index in [2.05, 4.69) is 4.90 Å². The van der Waals surface area contributed by atoms with Crippen LogP contribution in [0.3, 0.4) is 0 Å². The Kier molecular flexibility index (Phi) is 4.91. The zero-order valence-corrected chi connectivity index (χ0v) is 13.8. The van der Waals surface area contributed by atoms with Crippen LogP contribution in [0, 0.1) is 13.8 Å². The van der Waals surface area contributed by atoms with E-state index in [-0.39, 0.29) is 0 Å². The van der Waals surface area contributed by atoms with Crippen molar-refractivity contribution in [2.24, 2.45) is 0 Å². The first-order valence-corrected chi connectivity index (χ1v) is 9.09. The van der Waals surface area contributed by atoms with E-state index < -0.39 is 10.0 Å². The number of aryl methyl sites for hydroxylation is 2. The quantitative estimate of drug-likeness (QED) is 0.918. The Morgan fingerprint density at radius 1 is 1.10 bits per heavy atom. The van der Waals surface area contributed by atoms with Crippen LogP contribution in [0.25, 0.3) is 0 Å². The average molecular weight is 312 g/mol. The molecule has 0 atom stereocenters. The van der Waals surface area contributed by atoms with Gasteiger partial charge in [0, 0.05) is 31.7 Å². The Morgan fingerprint density at radius 3 is 2.43 bits per heavy atom. The summed E-state index contributed by atoms with van der Waals surface area (Å²) in [4.78, 5) is 2.20. The largest absolute Gasteiger partial charge is 0.508 e. The highest BCUT2D eigenvalue weighted by molar-refractivity contribution is 7.88. The number of hydrogen-bond acceptors (Lipinski definition) is 4. The maximum absolute atomic E-state index is 11.6.